The van der Waals surface area contributed by atoms with E-state index in [-0.39, 0.29) is 41.1 Å². The van der Waals surface area contributed by atoms with Gasteiger partial charge in [-0.1, -0.05) is 0 Å². The van der Waals surface area contributed by atoms with Gasteiger partial charge in [0.05, 0.1) is 18.5 Å². The second-order valence-electron chi connectivity index (χ2n) is 7.37. The highest BCUT2D eigenvalue weighted by Crippen LogP contribution is 2.32. The van der Waals surface area contributed by atoms with Crippen LogP contribution in [0.5, 0.6) is 5.75 Å². The average Bonchev–Trinajstić information content (AvgIpc) is 3.13. The van der Waals surface area contributed by atoms with Crippen molar-refractivity contribution < 1.29 is 18.7 Å². The number of carbonyl (C=O) groups is 1. The molecule has 34 heavy (non-hydrogen) atoms. The third-order valence-electron chi connectivity index (χ3n) is 4.52. The first-order valence-electron chi connectivity index (χ1n) is 10.0. The third kappa shape index (κ3) is 4.77. The maximum atomic E-state index is 15.1. The predicted octanol–water partition coefficient (Wildman–Crippen LogP) is 1.27. The van der Waals surface area contributed by atoms with Crippen LogP contribution in [-0.2, 0) is 16.6 Å². The lowest BCUT2D eigenvalue weighted by atomic mass is 10.1. The number of tetrazole rings is 1. The van der Waals surface area contributed by atoms with Gasteiger partial charge in [-0.05, 0) is 37.3 Å². The maximum absolute atomic E-state index is 15.1. The molecule has 0 amide bonds. The van der Waals surface area contributed by atoms with Crippen LogP contribution in [0.15, 0.2) is 23.1 Å². The van der Waals surface area contributed by atoms with Crippen LogP contribution in [0.2, 0.25) is 0 Å². The third-order valence-corrected chi connectivity index (χ3v) is 4.52. The van der Waals surface area contributed by atoms with Crippen LogP contribution in [-0.4, -0.2) is 55.0 Å². The minimum absolute atomic E-state index is 0.00172. The Morgan fingerprint density at radius 2 is 2.06 bits per heavy atom. The Hall–Kier alpha value is -4.54. The number of anilines is 3. The molecule has 0 aliphatic carbocycles. The van der Waals surface area contributed by atoms with E-state index in [0.717, 1.165) is 15.4 Å². The molecule has 2 heterocycles. The van der Waals surface area contributed by atoms with E-state index in [4.69, 9.17) is 14.7 Å². The van der Waals surface area contributed by atoms with Crippen molar-refractivity contribution in [1.82, 2.24) is 29.8 Å². The SMILES string of the molecule is CCOC(=O)C(C)(C)Oc1cc(F)c(Nc2ncc(C#N)c(NC)n2)cc1-n1nnn(C)c1=O. The number of carbonyl (C=O) groups excluding carboxylic acids is 1. The van der Waals surface area contributed by atoms with Gasteiger partial charge in [-0.3, -0.25) is 0 Å². The van der Waals surface area contributed by atoms with Gasteiger partial charge < -0.3 is 20.1 Å². The zero-order valence-corrected chi connectivity index (χ0v) is 19.1. The summed E-state index contributed by atoms with van der Waals surface area (Å²) in [6.07, 6.45) is 1.27. The summed E-state index contributed by atoms with van der Waals surface area (Å²) in [6, 6.07) is 4.16. The zero-order chi connectivity index (χ0) is 25.0. The molecule has 2 N–H and O–H groups in total. The number of aryl methyl sites for hydroxylation is 1. The van der Waals surface area contributed by atoms with Gasteiger partial charge in [-0.15, -0.1) is 0 Å². The van der Waals surface area contributed by atoms with Crippen LogP contribution in [0.1, 0.15) is 26.3 Å². The molecule has 0 saturated heterocycles. The van der Waals surface area contributed by atoms with E-state index < -0.39 is 23.1 Å². The first-order valence-corrected chi connectivity index (χ1v) is 10.0. The lowest BCUT2D eigenvalue weighted by molar-refractivity contribution is -0.158. The topological polar surface area (TPSA) is 162 Å². The summed E-state index contributed by atoms with van der Waals surface area (Å²) >= 11 is 0. The molecule has 178 valence electrons. The molecule has 0 spiro atoms. The molecule has 0 saturated carbocycles. The van der Waals surface area contributed by atoms with Gasteiger partial charge in [0.25, 0.3) is 0 Å². The molecule has 0 fully saturated rings. The van der Waals surface area contributed by atoms with Crippen LogP contribution in [0.25, 0.3) is 5.69 Å². The highest BCUT2D eigenvalue weighted by molar-refractivity contribution is 5.79. The molecule has 3 aromatic rings. The van der Waals surface area contributed by atoms with E-state index in [1.165, 1.54) is 33.2 Å². The lowest BCUT2D eigenvalue weighted by Gasteiger charge is -2.25. The largest absolute Gasteiger partial charge is 0.474 e. The van der Waals surface area contributed by atoms with Crippen molar-refractivity contribution in [3.05, 3.63) is 40.2 Å². The van der Waals surface area contributed by atoms with E-state index >= 15 is 4.39 Å². The van der Waals surface area contributed by atoms with Gasteiger partial charge in [-0.25, -0.2) is 19.0 Å². The van der Waals surface area contributed by atoms with E-state index in [1.54, 1.807) is 14.0 Å². The number of rotatable bonds is 8. The van der Waals surface area contributed by atoms with Gasteiger partial charge in [0, 0.05) is 20.2 Å². The molecule has 14 heteroatoms. The Kier molecular flexibility index (Phi) is 6.76. The standard InChI is InChI=1S/C20H22FN9O4/c1-6-33-17(31)20(2,3)34-15-7-12(21)13(8-14(15)30-19(32)29(5)27-28-30)25-18-24-10-11(9-22)16(23-4)26-18/h7-8,10H,6H2,1-5H3,(H2,23,24,25,26). The minimum atomic E-state index is -1.50. The molecule has 2 aromatic heterocycles. The van der Waals surface area contributed by atoms with Crippen molar-refractivity contribution >= 4 is 23.4 Å². The number of nitriles is 1. The Morgan fingerprint density at radius 3 is 2.65 bits per heavy atom. The van der Waals surface area contributed by atoms with Crippen molar-refractivity contribution in [1.29, 1.82) is 5.26 Å². The normalized spacial score (nSPS) is 11.0. The molecular weight excluding hydrogens is 449 g/mol. The average molecular weight is 471 g/mol. The first-order chi connectivity index (χ1) is 16.1. The van der Waals surface area contributed by atoms with Gasteiger partial charge in [-0.2, -0.15) is 19.6 Å². The Labute approximate surface area is 193 Å². The van der Waals surface area contributed by atoms with Gasteiger partial charge in [0.15, 0.2) is 11.4 Å². The first kappa shape index (κ1) is 24.1. The molecule has 0 radical (unpaired) electrons. The number of esters is 1. The fourth-order valence-corrected chi connectivity index (χ4v) is 2.81. The van der Waals surface area contributed by atoms with Crippen LogP contribution in [0.3, 0.4) is 0 Å². The van der Waals surface area contributed by atoms with Crippen LogP contribution in [0, 0.1) is 17.1 Å². The highest BCUT2D eigenvalue weighted by atomic mass is 19.1. The Balaban J connectivity index is 2.10. The fraction of sp³-hybridized carbons (Fsp3) is 0.350. The summed E-state index contributed by atoms with van der Waals surface area (Å²) in [5.74, 6) is -1.41. The van der Waals surface area contributed by atoms with Crippen LogP contribution >= 0.6 is 0 Å². The molecular formula is C20H22FN9O4. The van der Waals surface area contributed by atoms with Gasteiger partial charge in [0.2, 0.25) is 5.95 Å². The lowest BCUT2D eigenvalue weighted by Crippen LogP contribution is -2.40. The van der Waals surface area contributed by atoms with Crippen molar-refractivity contribution in [2.45, 2.75) is 26.4 Å². The molecule has 1 aromatic carbocycles. The van der Waals surface area contributed by atoms with E-state index in [1.807, 2.05) is 6.07 Å². The predicted molar refractivity (Wildman–Crippen MR) is 117 cm³/mol. The second-order valence-corrected chi connectivity index (χ2v) is 7.37. The number of hydrogen-bond donors (Lipinski definition) is 2. The van der Waals surface area contributed by atoms with E-state index in [2.05, 4.69) is 31.0 Å². The molecule has 3 rings (SSSR count). The summed E-state index contributed by atoms with van der Waals surface area (Å²) in [4.78, 5) is 32.9. The van der Waals surface area contributed by atoms with Crippen molar-refractivity contribution in [2.75, 3.05) is 24.3 Å². The number of hydrogen-bond acceptors (Lipinski definition) is 11. The van der Waals surface area contributed by atoms with E-state index in [0.29, 0.717) is 0 Å². The zero-order valence-electron chi connectivity index (χ0n) is 19.1. The molecule has 0 aliphatic heterocycles. The Bertz CT molecular complexity index is 1330. The number of nitrogens with zero attached hydrogens (tertiary/aromatic N) is 7. The van der Waals surface area contributed by atoms with Gasteiger partial charge >= 0.3 is 11.7 Å². The smallest absolute Gasteiger partial charge is 0.368 e. The molecule has 0 unspecified atom stereocenters. The van der Waals surface area contributed by atoms with Crippen LogP contribution < -0.4 is 21.1 Å². The number of aromatic nitrogens is 6. The monoisotopic (exact) mass is 471 g/mol. The summed E-state index contributed by atoms with van der Waals surface area (Å²) in [7, 11) is 2.96. The van der Waals surface area contributed by atoms with Gasteiger partial charge in [0.1, 0.15) is 28.9 Å². The van der Waals surface area contributed by atoms with Crippen LogP contribution in [0.4, 0.5) is 21.8 Å². The van der Waals surface area contributed by atoms with Crippen molar-refractivity contribution in [3.8, 4) is 17.5 Å². The minimum Gasteiger partial charge on any atom is -0.474 e. The highest BCUT2D eigenvalue weighted by Gasteiger charge is 2.33. The molecule has 0 atom stereocenters. The van der Waals surface area contributed by atoms with Crippen molar-refractivity contribution in [2.24, 2.45) is 7.05 Å². The number of nitrogens with one attached hydrogen (secondary N) is 2. The molecule has 13 nitrogen and oxygen atoms in total. The summed E-state index contributed by atoms with van der Waals surface area (Å²) in [5, 5.41) is 22.0. The molecule has 0 bridgehead atoms. The number of benzene rings is 1. The summed E-state index contributed by atoms with van der Waals surface area (Å²) < 4.78 is 27.7. The second kappa shape index (κ2) is 9.53. The number of halogens is 1. The van der Waals surface area contributed by atoms with Crippen molar-refractivity contribution in [3.63, 3.8) is 0 Å². The summed E-state index contributed by atoms with van der Waals surface area (Å²) in [5.41, 5.74) is -2.06. The maximum Gasteiger partial charge on any atom is 0.368 e. The quantitative estimate of drug-likeness (QED) is 0.455. The molecule has 0 aliphatic rings. The number of ether oxygens (including phenoxy) is 2. The van der Waals surface area contributed by atoms with E-state index in [9.17, 15) is 9.59 Å². The fourth-order valence-electron chi connectivity index (χ4n) is 2.81. The summed E-state index contributed by atoms with van der Waals surface area (Å²) in [6.45, 7) is 4.66. The Morgan fingerprint density at radius 1 is 1.32 bits per heavy atom.